The van der Waals surface area contributed by atoms with Crippen LogP contribution in [0.1, 0.15) is 16.1 Å². The van der Waals surface area contributed by atoms with Crippen molar-refractivity contribution in [3.8, 4) is 5.69 Å². The summed E-state index contributed by atoms with van der Waals surface area (Å²) in [5, 5.41) is 5.59. The van der Waals surface area contributed by atoms with E-state index < -0.39 is 0 Å². The molecule has 3 aromatic carbocycles. The summed E-state index contributed by atoms with van der Waals surface area (Å²) >= 11 is 0. The maximum atomic E-state index is 12.5. The maximum absolute atomic E-state index is 12.5. The van der Waals surface area contributed by atoms with Crippen molar-refractivity contribution in [3.63, 3.8) is 0 Å². The lowest BCUT2D eigenvalue weighted by Gasteiger charge is -2.02. The zero-order valence-electron chi connectivity index (χ0n) is 14.0. The van der Waals surface area contributed by atoms with Crippen molar-refractivity contribution in [1.82, 2.24) is 9.78 Å². The smallest absolute Gasteiger partial charge is 0.187 e. The third-order valence-corrected chi connectivity index (χ3v) is 4.21. The van der Waals surface area contributed by atoms with E-state index in [4.69, 9.17) is 5.73 Å². The van der Waals surface area contributed by atoms with Crippen molar-refractivity contribution >= 4 is 22.4 Å². The van der Waals surface area contributed by atoms with E-state index in [9.17, 15) is 4.79 Å². The van der Waals surface area contributed by atoms with Gasteiger partial charge in [-0.2, -0.15) is 5.10 Å². The monoisotopic (exact) mass is 339 g/mol. The van der Waals surface area contributed by atoms with E-state index in [0.29, 0.717) is 17.0 Å². The molecule has 0 saturated heterocycles. The topological polar surface area (TPSA) is 60.9 Å². The number of ketones is 1. The quantitative estimate of drug-likeness (QED) is 0.447. The molecule has 0 aliphatic heterocycles. The number of hydrogen-bond donors (Lipinski definition) is 1. The Morgan fingerprint density at radius 1 is 0.846 bits per heavy atom. The second-order valence-electron chi connectivity index (χ2n) is 5.94. The second-order valence-corrected chi connectivity index (χ2v) is 5.94. The fourth-order valence-corrected chi connectivity index (χ4v) is 2.94. The van der Waals surface area contributed by atoms with Crippen molar-refractivity contribution in [2.24, 2.45) is 5.73 Å². The molecule has 0 unspecified atom stereocenters. The van der Waals surface area contributed by atoms with Gasteiger partial charge in [-0.25, -0.2) is 4.68 Å². The van der Waals surface area contributed by atoms with Crippen LogP contribution in [0, 0.1) is 0 Å². The number of rotatable bonds is 4. The minimum Gasteiger partial charge on any atom is -0.397 e. The van der Waals surface area contributed by atoms with E-state index in [1.807, 2.05) is 77.5 Å². The third-order valence-electron chi connectivity index (χ3n) is 4.21. The van der Waals surface area contributed by atoms with Gasteiger partial charge in [-0.1, -0.05) is 66.7 Å². The number of allylic oxidation sites excluding steroid dienone is 1. The van der Waals surface area contributed by atoms with Crippen LogP contribution in [0.25, 0.3) is 22.3 Å². The van der Waals surface area contributed by atoms with Crippen LogP contribution < -0.4 is 5.73 Å². The highest BCUT2D eigenvalue weighted by atomic mass is 16.1. The summed E-state index contributed by atoms with van der Waals surface area (Å²) in [6.07, 6.45) is 1.44. The predicted octanol–water partition coefficient (Wildman–Crippen LogP) is 4.21. The van der Waals surface area contributed by atoms with Crippen LogP contribution in [0.5, 0.6) is 0 Å². The van der Waals surface area contributed by atoms with Crippen LogP contribution in [0.3, 0.4) is 0 Å². The first-order chi connectivity index (χ1) is 12.7. The molecule has 0 fully saturated rings. The molecule has 126 valence electrons. The Labute approximate surface area is 151 Å². The zero-order valence-corrected chi connectivity index (χ0v) is 14.0. The molecule has 0 amide bonds. The lowest BCUT2D eigenvalue weighted by molar-refractivity contribution is 0.104. The van der Waals surface area contributed by atoms with Gasteiger partial charge in [0.1, 0.15) is 5.69 Å². The number of carbonyl (C=O) groups excluding carboxylic acids is 1. The van der Waals surface area contributed by atoms with Gasteiger partial charge in [-0.15, -0.1) is 0 Å². The molecule has 0 bridgehead atoms. The normalized spacial score (nSPS) is 11.6. The molecule has 4 rings (SSSR count). The van der Waals surface area contributed by atoms with Gasteiger partial charge < -0.3 is 5.73 Å². The Balaban J connectivity index is 1.82. The van der Waals surface area contributed by atoms with E-state index >= 15 is 0 Å². The number of aromatic nitrogens is 2. The Morgan fingerprint density at radius 3 is 2.19 bits per heavy atom. The molecule has 1 heterocycles. The molecule has 0 aliphatic rings. The average molecular weight is 339 g/mol. The van der Waals surface area contributed by atoms with E-state index in [1.54, 1.807) is 12.1 Å². The highest BCUT2D eigenvalue weighted by molar-refractivity contribution is 6.09. The van der Waals surface area contributed by atoms with Crippen LogP contribution in [0.4, 0.5) is 0 Å². The fraction of sp³-hybridized carbons (Fsp3) is 0. The number of nitrogens with two attached hydrogens (primary N) is 1. The van der Waals surface area contributed by atoms with Gasteiger partial charge in [0.05, 0.1) is 16.9 Å². The Morgan fingerprint density at radius 2 is 1.46 bits per heavy atom. The molecule has 4 aromatic rings. The molecule has 4 nitrogen and oxygen atoms in total. The largest absolute Gasteiger partial charge is 0.397 e. The summed E-state index contributed by atoms with van der Waals surface area (Å²) in [6, 6.07) is 26.8. The Kier molecular flexibility index (Phi) is 4.07. The summed E-state index contributed by atoms with van der Waals surface area (Å²) in [6.45, 7) is 0. The van der Waals surface area contributed by atoms with Gasteiger partial charge in [-0.05, 0) is 18.2 Å². The summed E-state index contributed by atoms with van der Waals surface area (Å²) in [4.78, 5) is 12.5. The lowest BCUT2D eigenvalue weighted by Crippen LogP contribution is -2.04. The molecule has 0 aliphatic carbocycles. The fourth-order valence-electron chi connectivity index (χ4n) is 2.94. The standard InChI is InChI=1S/C22H17N3O/c23-19(15-21(26)16-9-3-1-4-10-16)22-18-13-7-8-14-20(18)25(24-22)17-11-5-2-6-12-17/h1-15H,23H2. The van der Waals surface area contributed by atoms with E-state index in [1.165, 1.54) is 6.08 Å². The highest BCUT2D eigenvalue weighted by Gasteiger charge is 2.14. The van der Waals surface area contributed by atoms with Crippen molar-refractivity contribution < 1.29 is 4.79 Å². The van der Waals surface area contributed by atoms with E-state index in [-0.39, 0.29) is 5.78 Å². The van der Waals surface area contributed by atoms with Crippen LogP contribution >= 0.6 is 0 Å². The van der Waals surface area contributed by atoms with Crippen molar-refractivity contribution in [2.75, 3.05) is 0 Å². The summed E-state index contributed by atoms with van der Waals surface area (Å²) < 4.78 is 1.85. The number of nitrogens with zero attached hydrogens (tertiary/aromatic N) is 2. The number of carbonyl (C=O) groups is 1. The summed E-state index contributed by atoms with van der Waals surface area (Å²) in [7, 11) is 0. The zero-order chi connectivity index (χ0) is 17.9. The van der Waals surface area contributed by atoms with Crippen molar-refractivity contribution in [2.45, 2.75) is 0 Å². The van der Waals surface area contributed by atoms with E-state index in [2.05, 4.69) is 5.10 Å². The van der Waals surface area contributed by atoms with E-state index in [0.717, 1.165) is 16.6 Å². The average Bonchev–Trinajstić information content (AvgIpc) is 3.09. The molecule has 1 aromatic heterocycles. The minimum atomic E-state index is -0.138. The van der Waals surface area contributed by atoms with Crippen LogP contribution in [-0.4, -0.2) is 15.6 Å². The van der Waals surface area contributed by atoms with Crippen molar-refractivity contribution in [1.29, 1.82) is 0 Å². The van der Waals surface area contributed by atoms with Gasteiger partial charge in [0.2, 0.25) is 0 Å². The summed E-state index contributed by atoms with van der Waals surface area (Å²) in [5.41, 5.74) is 9.70. The van der Waals surface area contributed by atoms with Gasteiger partial charge in [0.25, 0.3) is 0 Å². The highest BCUT2D eigenvalue weighted by Crippen LogP contribution is 2.25. The number of para-hydroxylation sites is 2. The SMILES string of the molecule is NC(=CC(=O)c1ccccc1)c1nn(-c2ccccc2)c2ccccc12. The first-order valence-electron chi connectivity index (χ1n) is 8.34. The van der Waals surface area contributed by atoms with Crippen LogP contribution in [0.2, 0.25) is 0 Å². The Hall–Kier alpha value is -3.66. The Bertz CT molecular complexity index is 1100. The molecular formula is C22H17N3O. The third kappa shape index (κ3) is 2.89. The molecule has 0 atom stereocenters. The molecule has 4 heteroatoms. The van der Waals surface area contributed by atoms with Crippen LogP contribution in [-0.2, 0) is 0 Å². The molecule has 0 radical (unpaired) electrons. The predicted molar refractivity (Wildman–Crippen MR) is 104 cm³/mol. The number of hydrogen-bond acceptors (Lipinski definition) is 3. The first kappa shape index (κ1) is 15.8. The van der Waals surface area contributed by atoms with Gasteiger partial charge in [-0.3, -0.25) is 4.79 Å². The van der Waals surface area contributed by atoms with Gasteiger partial charge >= 0.3 is 0 Å². The molecule has 26 heavy (non-hydrogen) atoms. The van der Waals surface area contributed by atoms with Gasteiger partial charge in [0, 0.05) is 17.0 Å². The van der Waals surface area contributed by atoms with Crippen molar-refractivity contribution in [3.05, 3.63) is 102 Å². The van der Waals surface area contributed by atoms with Gasteiger partial charge in [0.15, 0.2) is 5.78 Å². The molecule has 2 N–H and O–H groups in total. The number of benzene rings is 3. The molecule has 0 spiro atoms. The number of fused-ring (bicyclic) bond motifs is 1. The maximum Gasteiger partial charge on any atom is 0.187 e. The lowest BCUT2D eigenvalue weighted by atomic mass is 10.1. The molecular weight excluding hydrogens is 322 g/mol. The van der Waals surface area contributed by atoms with Crippen LogP contribution in [0.15, 0.2) is 91.0 Å². The minimum absolute atomic E-state index is 0.138. The molecule has 0 saturated carbocycles. The second kappa shape index (κ2) is 6.69. The first-order valence-corrected chi connectivity index (χ1v) is 8.34. The summed E-state index contributed by atoms with van der Waals surface area (Å²) in [5.74, 6) is -0.138.